The molecule has 2 amide bonds. The highest BCUT2D eigenvalue weighted by atomic mass is 16.6. The lowest BCUT2D eigenvalue weighted by molar-refractivity contribution is -0.384. The second-order valence-corrected chi connectivity index (χ2v) is 6.81. The molecule has 10 nitrogen and oxygen atoms in total. The van der Waals surface area contributed by atoms with Gasteiger partial charge in [-0.2, -0.15) is 0 Å². The van der Waals surface area contributed by atoms with Crippen molar-refractivity contribution >= 4 is 29.2 Å². The summed E-state index contributed by atoms with van der Waals surface area (Å²) in [4.78, 5) is 48.8. The summed E-state index contributed by atoms with van der Waals surface area (Å²) in [5.74, 6) is -1.79. The second-order valence-electron chi connectivity index (χ2n) is 6.81. The quantitative estimate of drug-likeness (QED) is 0.360. The summed E-state index contributed by atoms with van der Waals surface area (Å²) in [6.45, 7) is 4.82. The molecule has 0 aromatic heterocycles. The van der Waals surface area contributed by atoms with E-state index in [9.17, 15) is 24.5 Å². The topological polar surface area (TPSA) is 131 Å². The predicted octanol–water partition coefficient (Wildman–Crippen LogP) is 1.38. The number of nitrogens with zero attached hydrogens (tertiary/aromatic N) is 2. The van der Waals surface area contributed by atoms with Crippen molar-refractivity contribution in [2.75, 3.05) is 31.1 Å². The van der Waals surface area contributed by atoms with Crippen molar-refractivity contribution in [1.82, 2.24) is 10.6 Å². The number of anilines is 1. The molecule has 0 unspecified atom stereocenters. The van der Waals surface area contributed by atoms with Gasteiger partial charge in [0.2, 0.25) is 5.91 Å². The van der Waals surface area contributed by atoms with Crippen LogP contribution in [-0.4, -0.2) is 55.0 Å². The first-order valence-electron chi connectivity index (χ1n) is 9.61. The van der Waals surface area contributed by atoms with Gasteiger partial charge in [0.05, 0.1) is 16.2 Å². The number of ether oxygens (including phenoxy) is 1. The Bertz CT molecular complexity index is 776. The highest BCUT2D eigenvalue weighted by molar-refractivity contribution is 5.98. The second kappa shape index (κ2) is 10.4. The van der Waals surface area contributed by atoms with Crippen molar-refractivity contribution in [3.63, 3.8) is 0 Å². The number of nitro benzene ring substituents is 1. The van der Waals surface area contributed by atoms with E-state index in [-0.39, 0.29) is 17.2 Å². The van der Waals surface area contributed by atoms with Crippen molar-refractivity contribution in [3.05, 3.63) is 33.9 Å². The van der Waals surface area contributed by atoms with Crippen LogP contribution in [0.2, 0.25) is 0 Å². The molecule has 1 saturated heterocycles. The molecule has 10 heteroatoms. The normalized spacial score (nSPS) is 14.2. The monoisotopic (exact) mass is 406 g/mol. The molecule has 1 heterocycles. The summed E-state index contributed by atoms with van der Waals surface area (Å²) >= 11 is 0. The molecule has 0 bridgehead atoms. The molecule has 1 fully saturated rings. The molecular weight excluding hydrogens is 380 g/mol. The van der Waals surface area contributed by atoms with Crippen molar-refractivity contribution in [1.29, 1.82) is 0 Å². The van der Waals surface area contributed by atoms with Gasteiger partial charge in [-0.15, -0.1) is 0 Å². The number of nitro groups is 1. The Labute approximate surface area is 168 Å². The maximum absolute atomic E-state index is 12.5. The van der Waals surface area contributed by atoms with Crippen LogP contribution in [0.1, 0.15) is 43.5 Å². The van der Waals surface area contributed by atoms with Crippen molar-refractivity contribution < 1.29 is 24.0 Å². The fraction of sp³-hybridized carbons (Fsp3) is 0.526. The van der Waals surface area contributed by atoms with E-state index in [1.165, 1.54) is 19.1 Å². The molecule has 0 radical (unpaired) electrons. The maximum Gasteiger partial charge on any atom is 0.341 e. The Morgan fingerprint density at radius 3 is 2.59 bits per heavy atom. The molecule has 1 atom stereocenters. The number of benzene rings is 1. The lowest BCUT2D eigenvalue weighted by Crippen LogP contribution is -2.46. The number of amides is 2. The molecule has 1 aromatic carbocycles. The largest absolute Gasteiger partial charge is 0.452 e. The van der Waals surface area contributed by atoms with E-state index in [1.54, 1.807) is 0 Å². The predicted molar refractivity (Wildman–Crippen MR) is 106 cm³/mol. The molecule has 29 heavy (non-hydrogen) atoms. The Hall–Kier alpha value is -3.17. The molecule has 2 N–H and O–H groups in total. The smallest absolute Gasteiger partial charge is 0.341 e. The average Bonchev–Trinajstić information content (AvgIpc) is 3.24. The van der Waals surface area contributed by atoms with Gasteiger partial charge in [0, 0.05) is 31.8 Å². The summed E-state index contributed by atoms with van der Waals surface area (Å²) in [7, 11) is 0. The minimum atomic E-state index is -0.825. The van der Waals surface area contributed by atoms with E-state index in [1.807, 2.05) is 11.8 Å². The number of carbonyl (C=O) groups is 3. The first-order chi connectivity index (χ1) is 13.8. The number of carbonyl (C=O) groups excluding carboxylic acids is 3. The third-order valence-corrected chi connectivity index (χ3v) is 4.51. The van der Waals surface area contributed by atoms with Crippen LogP contribution in [0.3, 0.4) is 0 Å². The zero-order valence-electron chi connectivity index (χ0n) is 16.6. The third-order valence-electron chi connectivity index (χ3n) is 4.51. The van der Waals surface area contributed by atoms with Crippen molar-refractivity contribution in [2.24, 2.45) is 0 Å². The summed E-state index contributed by atoms with van der Waals surface area (Å²) in [6.07, 6.45) is 2.70. The SMILES string of the molecule is CCCNC(=O)[C@H](C)NC(=O)COC(=O)c1cc([N+](=O)[O-])ccc1N1CCCC1. The lowest BCUT2D eigenvalue weighted by Gasteiger charge is -2.20. The first kappa shape index (κ1) is 22.1. The van der Waals surface area contributed by atoms with E-state index in [2.05, 4.69) is 10.6 Å². The highest BCUT2D eigenvalue weighted by Gasteiger charge is 2.24. The Balaban J connectivity index is 2.02. The molecule has 1 aliphatic heterocycles. The highest BCUT2D eigenvalue weighted by Crippen LogP contribution is 2.28. The van der Waals surface area contributed by atoms with Gasteiger partial charge < -0.3 is 20.3 Å². The van der Waals surface area contributed by atoms with Gasteiger partial charge in [-0.3, -0.25) is 19.7 Å². The first-order valence-corrected chi connectivity index (χ1v) is 9.61. The molecule has 0 saturated carbocycles. The van der Waals surface area contributed by atoms with Crippen LogP contribution in [0.15, 0.2) is 18.2 Å². The Morgan fingerprint density at radius 2 is 1.97 bits per heavy atom. The Kier molecular flexibility index (Phi) is 7.93. The number of rotatable bonds is 9. The van der Waals surface area contributed by atoms with Gasteiger partial charge >= 0.3 is 5.97 Å². The average molecular weight is 406 g/mol. The zero-order chi connectivity index (χ0) is 21.4. The van der Waals surface area contributed by atoms with E-state index in [0.29, 0.717) is 12.2 Å². The number of hydrogen-bond donors (Lipinski definition) is 2. The number of esters is 1. The third kappa shape index (κ3) is 6.16. The summed E-state index contributed by atoms with van der Waals surface area (Å²) in [5, 5.41) is 16.2. The van der Waals surface area contributed by atoms with Gasteiger partial charge in [0.25, 0.3) is 11.6 Å². The summed E-state index contributed by atoms with van der Waals surface area (Å²) in [5.41, 5.74) is 0.360. The van der Waals surface area contributed by atoms with E-state index < -0.39 is 29.4 Å². The molecule has 1 aliphatic rings. The minimum absolute atomic E-state index is 0.0441. The van der Waals surface area contributed by atoms with Crippen LogP contribution in [0.25, 0.3) is 0 Å². The van der Waals surface area contributed by atoms with Crippen LogP contribution in [0, 0.1) is 10.1 Å². The van der Waals surface area contributed by atoms with Gasteiger partial charge in [0.1, 0.15) is 6.04 Å². The van der Waals surface area contributed by atoms with Crippen LogP contribution in [0.5, 0.6) is 0 Å². The number of hydrogen-bond acceptors (Lipinski definition) is 7. The van der Waals surface area contributed by atoms with Gasteiger partial charge in [-0.1, -0.05) is 6.92 Å². The number of non-ortho nitro benzene ring substituents is 1. The van der Waals surface area contributed by atoms with Crippen LogP contribution in [0.4, 0.5) is 11.4 Å². The standard InChI is InChI=1S/C19H26N4O6/c1-3-8-20-18(25)13(2)21-17(24)12-29-19(26)15-11-14(23(27)28)6-7-16(15)22-9-4-5-10-22/h6-7,11,13H,3-5,8-10,12H2,1-2H3,(H,20,25)(H,21,24)/t13-/m0/s1. The molecular formula is C19H26N4O6. The molecule has 0 aliphatic carbocycles. The zero-order valence-corrected chi connectivity index (χ0v) is 16.6. The van der Waals surface area contributed by atoms with E-state index >= 15 is 0 Å². The van der Waals surface area contributed by atoms with E-state index in [4.69, 9.17) is 4.74 Å². The fourth-order valence-electron chi connectivity index (χ4n) is 2.99. The Morgan fingerprint density at radius 1 is 1.28 bits per heavy atom. The fourth-order valence-corrected chi connectivity index (χ4v) is 2.99. The van der Waals surface area contributed by atoms with Crippen molar-refractivity contribution in [2.45, 2.75) is 39.2 Å². The minimum Gasteiger partial charge on any atom is -0.452 e. The maximum atomic E-state index is 12.5. The van der Waals surface area contributed by atoms with Crippen molar-refractivity contribution in [3.8, 4) is 0 Å². The molecule has 158 valence electrons. The number of nitrogens with one attached hydrogen (secondary N) is 2. The van der Waals surface area contributed by atoms with Gasteiger partial charge in [-0.05, 0) is 32.3 Å². The van der Waals surface area contributed by atoms with Crippen LogP contribution in [-0.2, 0) is 14.3 Å². The molecule has 0 spiro atoms. The van der Waals surface area contributed by atoms with Gasteiger partial charge in [0.15, 0.2) is 6.61 Å². The van der Waals surface area contributed by atoms with E-state index in [0.717, 1.165) is 38.4 Å². The lowest BCUT2D eigenvalue weighted by atomic mass is 10.1. The van der Waals surface area contributed by atoms with Crippen LogP contribution >= 0.6 is 0 Å². The van der Waals surface area contributed by atoms with Gasteiger partial charge in [-0.25, -0.2) is 4.79 Å². The molecule has 1 aromatic rings. The summed E-state index contributed by atoms with van der Waals surface area (Å²) in [6, 6.07) is 3.26. The molecule has 2 rings (SSSR count). The van der Waals surface area contributed by atoms with Crippen LogP contribution < -0.4 is 15.5 Å². The summed E-state index contributed by atoms with van der Waals surface area (Å²) < 4.78 is 5.05.